The average molecular weight is 456 g/mol. The summed E-state index contributed by atoms with van der Waals surface area (Å²) >= 11 is 0. The molecule has 3 aromatic rings. The van der Waals surface area contributed by atoms with Gasteiger partial charge in [-0.3, -0.25) is 9.36 Å². The molecule has 1 aromatic heterocycles. The lowest BCUT2D eigenvalue weighted by molar-refractivity contribution is 0.0951. The molecule has 10 heteroatoms. The minimum absolute atomic E-state index is 0.115. The van der Waals surface area contributed by atoms with Crippen LogP contribution in [0.3, 0.4) is 0 Å². The summed E-state index contributed by atoms with van der Waals surface area (Å²) in [6, 6.07) is 15.5. The number of rotatable bonds is 8. The van der Waals surface area contributed by atoms with Gasteiger partial charge in [-0.25, -0.2) is 22.2 Å². The first-order chi connectivity index (χ1) is 15.3. The Hall–Kier alpha value is -3.24. The lowest BCUT2D eigenvalue weighted by atomic mass is 10.2. The number of amides is 1. The van der Waals surface area contributed by atoms with Crippen molar-refractivity contribution < 1.29 is 13.2 Å². The van der Waals surface area contributed by atoms with Crippen LogP contribution in [0.1, 0.15) is 29.2 Å². The van der Waals surface area contributed by atoms with E-state index in [2.05, 4.69) is 10.4 Å². The van der Waals surface area contributed by atoms with E-state index < -0.39 is 10.0 Å². The van der Waals surface area contributed by atoms with Crippen molar-refractivity contribution in [3.05, 3.63) is 70.6 Å². The molecule has 0 spiro atoms. The van der Waals surface area contributed by atoms with E-state index >= 15 is 0 Å². The van der Waals surface area contributed by atoms with Crippen molar-refractivity contribution in [2.75, 3.05) is 20.6 Å². The Balaban J connectivity index is 1.44. The Morgan fingerprint density at radius 1 is 1.09 bits per heavy atom. The monoisotopic (exact) mass is 455 g/mol. The van der Waals surface area contributed by atoms with E-state index in [1.807, 2.05) is 30.3 Å². The van der Waals surface area contributed by atoms with Crippen molar-refractivity contribution in [1.29, 1.82) is 0 Å². The van der Waals surface area contributed by atoms with Crippen molar-refractivity contribution in [3.63, 3.8) is 0 Å². The zero-order chi connectivity index (χ0) is 22.9. The Morgan fingerprint density at radius 3 is 2.34 bits per heavy atom. The summed E-state index contributed by atoms with van der Waals surface area (Å²) in [5.41, 5.74) is 1.04. The molecule has 1 saturated carbocycles. The molecule has 1 N–H and O–H groups in total. The summed E-state index contributed by atoms with van der Waals surface area (Å²) in [6.45, 7) is 0.448. The molecular formula is C22H25N5O4S. The number of carbonyl (C=O) groups excluding carboxylic acids is 1. The molecule has 168 valence electrons. The second kappa shape index (κ2) is 8.71. The van der Waals surface area contributed by atoms with Crippen molar-refractivity contribution in [3.8, 4) is 11.4 Å². The van der Waals surface area contributed by atoms with Gasteiger partial charge in [0.25, 0.3) is 5.91 Å². The maximum absolute atomic E-state index is 12.9. The van der Waals surface area contributed by atoms with E-state index in [1.165, 1.54) is 43.0 Å². The van der Waals surface area contributed by atoms with Gasteiger partial charge in [0.2, 0.25) is 10.0 Å². The van der Waals surface area contributed by atoms with Gasteiger partial charge in [-0.2, -0.15) is 0 Å². The fourth-order valence-electron chi connectivity index (χ4n) is 3.38. The SMILES string of the molecule is CN(C)S(=O)(=O)c1ccc(C(=O)NCCn2nc(-c3ccccc3)n(C3CC3)c2=O)cc1. The molecule has 0 bridgehead atoms. The van der Waals surface area contributed by atoms with Gasteiger partial charge in [0.05, 0.1) is 11.4 Å². The normalized spacial score (nSPS) is 14.0. The Bertz CT molecular complexity index is 1270. The summed E-state index contributed by atoms with van der Waals surface area (Å²) in [6.07, 6.45) is 1.92. The third-order valence-electron chi connectivity index (χ3n) is 5.32. The smallest absolute Gasteiger partial charge is 0.346 e. The summed E-state index contributed by atoms with van der Waals surface area (Å²) in [5.74, 6) is 0.291. The first-order valence-corrected chi connectivity index (χ1v) is 11.8. The first-order valence-electron chi connectivity index (χ1n) is 10.3. The lowest BCUT2D eigenvalue weighted by Gasteiger charge is -2.11. The predicted octanol–water partition coefficient (Wildman–Crippen LogP) is 1.73. The van der Waals surface area contributed by atoms with E-state index in [1.54, 1.807) is 4.57 Å². The fourth-order valence-corrected chi connectivity index (χ4v) is 4.28. The van der Waals surface area contributed by atoms with Gasteiger partial charge < -0.3 is 5.32 Å². The van der Waals surface area contributed by atoms with E-state index in [4.69, 9.17) is 0 Å². The van der Waals surface area contributed by atoms with Gasteiger partial charge in [-0.05, 0) is 37.1 Å². The summed E-state index contributed by atoms with van der Waals surface area (Å²) in [5, 5.41) is 7.27. The van der Waals surface area contributed by atoms with E-state index in [0.29, 0.717) is 11.4 Å². The molecule has 0 radical (unpaired) electrons. The van der Waals surface area contributed by atoms with Crippen LogP contribution in [0.25, 0.3) is 11.4 Å². The maximum Gasteiger partial charge on any atom is 0.346 e. The Labute approximate surface area is 186 Å². The van der Waals surface area contributed by atoms with Crippen LogP contribution in [-0.2, 0) is 16.6 Å². The molecule has 1 aliphatic carbocycles. The number of carbonyl (C=O) groups is 1. The summed E-state index contributed by atoms with van der Waals surface area (Å²) < 4.78 is 28.5. The quantitative estimate of drug-likeness (QED) is 0.557. The number of nitrogens with one attached hydrogen (secondary N) is 1. The molecule has 1 amide bonds. The highest BCUT2D eigenvalue weighted by Gasteiger charge is 2.30. The van der Waals surface area contributed by atoms with Crippen molar-refractivity contribution >= 4 is 15.9 Å². The molecule has 2 aromatic carbocycles. The third-order valence-corrected chi connectivity index (χ3v) is 7.15. The average Bonchev–Trinajstić information content (AvgIpc) is 3.58. The second-order valence-electron chi connectivity index (χ2n) is 7.86. The van der Waals surface area contributed by atoms with E-state index in [0.717, 1.165) is 22.7 Å². The maximum atomic E-state index is 12.9. The minimum atomic E-state index is -3.55. The molecule has 0 atom stereocenters. The summed E-state index contributed by atoms with van der Waals surface area (Å²) in [4.78, 5) is 25.4. The van der Waals surface area contributed by atoms with E-state index in [-0.39, 0.29) is 35.6 Å². The first kappa shape index (κ1) is 22.0. The molecule has 0 saturated heterocycles. The summed E-state index contributed by atoms with van der Waals surface area (Å²) in [7, 11) is -0.651. The van der Waals surface area contributed by atoms with Crippen molar-refractivity contribution in [2.24, 2.45) is 0 Å². The highest BCUT2D eigenvalue weighted by Crippen LogP contribution is 2.36. The molecule has 0 unspecified atom stereocenters. The number of sulfonamides is 1. The number of hydrogen-bond donors (Lipinski definition) is 1. The molecule has 32 heavy (non-hydrogen) atoms. The van der Waals surface area contributed by atoms with Crippen LogP contribution < -0.4 is 11.0 Å². The van der Waals surface area contributed by atoms with Crippen molar-refractivity contribution in [1.82, 2.24) is 24.0 Å². The van der Waals surface area contributed by atoms with Gasteiger partial charge in [-0.1, -0.05) is 30.3 Å². The predicted molar refractivity (Wildman–Crippen MR) is 120 cm³/mol. The van der Waals surface area contributed by atoms with Gasteiger partial charge >= 0.3 is 5.69 Å². The number of hydrogen-bond acceptors (Lipinski definition) is 5. The van der Waals surface area contributed by atoms with Crippen LogP contribution >= 0.6 is 0 Å². The van der Waals surface area contributed by atoms with Crippen LogP contribution in [0.2, 0.25) is 0 Å². The highest BCUT2D eigenvalue weighted by atomic mass is 32.2. The molecule has 1 aliphatic rings. The van der Waals surface area contributed by atoms with Crippen LogP contribution in [0.15, 0.2) is 64.3 Å². The Morgan fingerprint density at radius 2 is 1.75 bits per heavy atom. The number of benzene rings is 2. The molecule has 9 nitrogen and oxygen atoms in total. The zero-order valence-corrected chi connectivity index (χ0v) is 18.7. The largest absolute Gasteiger partial charge is 0.350 e. The van der Waals surface area contributed by atoms with E-state index in [9.17, 15) is 18.0 Å². The van der Waals surface area contributed by atoms with Crippen LogP contribution in [0.4, 0.5) is 0 Å². The second-order valence-corrected chi connectivity index (χ2v) is 10.0. The van der Waals surface area contributed by atoms with Gasteiger partial charge in [0.1, 0.15) is 0 Å². The van der Waals surface area contributed by atoms with Crippen LogP contribution in [0, 0.1) is 0 Å². The molecule has 1 heterocycles. The topological polar surface area (TPSA) is 106 Å². The van der Waals surface area contributed by atoms with Gasteiger partial charge in [-0.15, -0.1) is 5.10 Å². The molecule has 1 fully saturated rings. The van der Waals surface area contributed by atoms with Gasteiger partial charge in [0.15, 0.2) is 5.82 Å². The Kier molecular flexibility index (Phi) is 5.98. The van der Waals surface area contributed by atoms with Crippen LogP contribution in [0.5, 0.6) is 0 Å². The molecule has 4 rings (SSSR count). The zero-order valence-electron chi connectivity index (χ0n) is 17.9. The number of nitrogens with zero attached hydrogens (tertiary/aromatic N) is 4. The minimum Gasteiger partial charge on any atom is -0.350 e. The third kappa shape index (κ3) is 4.37. The molecular weight excluding hydrogens is 430 g/mol. The number of aromatic nitrogens is 3. The standard InChI is InChI=1S/C22H25N5O4S/c1-25(2)32(30,31)19-12-8-17(9-13-19)21(28)23-14-15-26-22(29)27(18-10-11-18)20(24-26)16-6-4-3-5-7-16/h3-9,12-13,18H,10-11,14-15H2,1-2H3,(H,23,28). The van der Waals surface area contributed by atoms with Gasteiger partial charge in [0, 0.05) is 37.8 Å². The highest BCUT2D eigenvalue weighted by molar-refractivity contribution is 7.89. The lowest BCUT2D eigenvalue weighted by Crippen LogP contribution is -2.32. The molecule has 0 aliphatic heterocycles. The van der Waals surface area contributed by atoms with Crippen LogP contribution in [-0.4, -0.2) is 53.6 Å². The van der Waals surface area contributed by atoms with Crippen molar-refractivity contribution in [2.45, 2.75) is 30.3 Å². The fraction of sp³-hybridized carbons (Fsp3) is 0.318.